The van der Waals surface area contributed by atoms with Crippen molar-refractivity contribution >= 4 is 21.4 Å². The Balaban J connectivity index is 1.69. The zero-order chi connectivity index (χ0) is 14.0. The van der Waals surface area contributed by atoms with Crippen LogP contribution in [0.4, 0.5) is 0 Å². The minimum Gasteiger partial charge on any atom is -0.380 e. The van der Waals surface area contributed by atoms with Gasteiger partial charge >= 0.3 is 0 Å². The topological polar surface area (TPSA) is 58.6 Å². The average molecular weight is 316 g/mol. The van der Waals surface area contributed by atoms with E-state index >= 15 is 0 Å². The second-order valence-electron chi connectivity index (χ2n) is 5.27. The van der Waals surface area contributed by atoms with E-state index in [9.17, 15) is 8.42 Å². The first-order chi connectivity index (χ1) is 9.66. The second-order valence-corrected chi connectivity index (χ2v) is 8.21. The van der Waals surface area contributed by atoms with Crippen LogP contribution in [0.5, 0.6) is 0 Å². The third kappa shape index (κ3) is 3.40. The van der Waals surface area contributed by atoms with E-state index in [0.29, 0.717) is 37.2 Å². The number of thiophene rings is 1. The Bertz CT molecular complexity index is 544. The molecule has 2 heterocycles. The Morgan fingerprint density at radius 1 is 1.35 bits per heavy atom. The molecule has 1 aromatic heterocycles. The van der Waals surface area contributed by atoms with Gasteiger partial charge in [-0.3, -0.25) is 0 Å². The SMILES string of the molecule is O=S(=O)(c1csc(CNC2CC2)c1)N1CCCOCC1. The molecule has 1 aliphatic carbocycles. The quantitative estimate of drug-likeness (QED) is 0.892. The molecule has 0 radical (unpaired) electrons. The summed E-state index contributed by atoms with van der Waals surface area (Å²) >= 11 is 1.52. The number of hydrogen-bond acceptors (Lipinski definition) is 5. The molecule has 112 valence electrons. The van der Waals surface area contributed by atoms with Crippen molar-refractivity contribution in [3.05, 3.63) is 16.3 Å². The Morgan fingerprint density at radius 2 is 2.20 bits per heavy atom. The molecule has 0 amide bonds. The van der Waals surface area contributed by atoms with Gasteiger partial charge in [-0.2, -0.15) is 4.31 Å². The van der Waals surface area contributed by atoms with Gasteiger partial charge in [0, 0.05) is 42.5 Å². The van der Waals surface area contributed by atoms with Crippen molar-refractivity contribution in [2.24, 2.45) is 0 Å². The summed E-state index contributed by atoms with van der Waals surface area (Å²) in [7, 11) is -3.35. The fraction of sp³-hybridized carbons (Fsp3) is 0.692. The standard InChI is InChI=1S/C13H20N2O3S2/c16-20(17,15-4-1-6-18-7-5-15)13-8-12(19-10-13)9-14-11-2-3-11/h8,10-11,14H,1-7,9H2. The first kappa shape index (κ1) is 14.5. The summed E-state index contributed by atoms with van der Waals surface area (Å²) in [5.74, 6) is 0. The number of hydrogen-bond donors (Lipinski definition) is 1. The van der Waals surface area contributed by atoms with E-state index < -0.39 is 10.0 Å². The lowest BCUT2D eigenvalue weighted by Crippen LogP contribution is -2.33. The average Bonchev–Trinajstić information content (AvgIpc) is 3.19. The van der Waals surface area contributed by atoms with Crippen molar-refractivity contribution in [2.75, 3.05) is 26.3 Å². The Kier molecular flexibility index (Phi) is 4.42. The predicted octanol–water partition coefficient (Wildman–Crippen LogP) is 1.41. The fourth-order valence-electron chi connectivity index (χ4n) is 2.23. The van der Waals surface area contributed by atoms with Crippen molar-refractivity contribution in [2.45, 2.75) is 36.7 Å². The highest BCUT2D eigenvalue weighted by Crippen LogP contribution is 2.25. The number of ether oxygens (including phenoxy) is 1. The summed E-state index contributed by atoms with van der Waals surface area (Å²) < 4.78 is 32.0. The molecule has 7 heteroatoms. The zero-order valence-electron chi connectivity index (χ0n) is 11.4. The van der Waals surface area contributed by atoms with E-state index in [1.165, 1.54) is 24.2 Å². The van der Waals surface area contributed by atoms with Gasteiger partial charge in [-0.15, -0.1) is 11.3 Å². The van der Waals surface area contributed by atoms with Crippen LogP contribution in [0.15, 0.2) is 16.3 Å². The predicted molar refractivity (Wildman–Crippen MR) is 78.4 cm³/mol. The van der Waals surface area contributed by atoms with E-state index in [-0.39, 0.29) is 0 Å². The molecule has 1 saturated heterocycles. The van der Waals surface area contributed by atoms with Crippen molar-refractivity contribution in [3.63, 3.8) is 0 Å². The minimum absolute atomic E-state index is 0.428. The fourth-order valence-corrected chi connectivity index (χ4v) is 4.91. The summed E-state index contributed by atoms with van der Waals surface area (Å²) in [5, 5.41) is 5.16. The Morgan fingerprint density at radius 3 is 3.00 bits per heavy atom. The van der Waals surface area contributed by atoms with Gasteiger partial charge in [0.25, 0.3) is 0 Å². The third-order valence-corrected chi connectivity index (χ3v) is 6.55. The van der Waals surface area contributed by atoms with E-state index in [4.69, 9.17) is 4.74 Å². The van der Waals surface area contributed by atoms with Gasteiger partial charge in [0.15, 0.2) is 0 Å². The van der Waals surface area contributed by atoms with Crippen LogP contribution < -0.4 is 5.32 Å². The van der Waals surface area contributed by atoms with Crippen molar-refractivity contribution in [3.8, 4) is 0 Å². The Hall–Kier alpha value is -0.470. The van der Waals surface area contributed by atoms with Crippen LogP contribution in [0.2, 0.25) is 0 Å². The molecule has 0 bridgehead atoms. The third-order valence-electron chi connectivity index (χ3n) is 3.59. The van der Waals surface area contributed by atoms with Crippen LogP contribution in [-0.2, 0) is 21.3 Å². The van der Waals surface area contributed by atoms with Gasteiger partial charge in [0.05, 0.1) is 11.5 Å². The van der Waals surface area contributed by atoms with Crippen LogP contribution in [0, 0.1) is 0 Å². The summed E-state index contributed by atoms with van der Waals surface area (Å²) in [4.78, 5) is 1.51. The van der Waals surface area contributed by atoms with Gasteiger partial charge < -0.3 is 10.1 Å². The number of sulfonamides is 1. The van der Waals surface area contributed by atoms with E-state index in [1.54, 1.807) is 15.8 Å². The molecule has 1 N–H and O–H groups in total. The molecule has 3 rings (SSSR count). The highest BCUT2D eigenvalue weighted by molar-refractivity contribution is 7.89. The summed E-state index contributed by atoms with van der Waals surface area (Å²) in [5.41, 5.74) is 0. The van der Waals surface area contributed by atoms with E-state index in [2.05, 4.69) is 5.32 Å². The summed E-state index contributed by atoms with van der Waals surface area (Å²) in [6, 6.07) is 2.45. The number of nitrogens with one attached hydrogen (secondary N) is 1. The largest absolute Gasteiger partial charge is 0.380 e. The molecule has 2 aliphatic rings. The lowest BCUT2D eigenvalue weighted by molar-refractivity contribution is 0.148. The first-order valence-corrected chi connectivity index (χ1v) is 9.37. The molecule has 1 aromatic rings. The van der Waals surface area contributed by atoms with Crippen molar-refractivity contribution in [1.82, 2.24) is 9.62 Å². The molecular weight excluding hydrogens is 296 g/mol. The van der Waals surface area contributed by atoms with E-state index in [1.807, 2.05) is 0 Å². The minimum atomic E-state index is -3.35. The van der Waals surface area contributed by atoms with Gasteiger partial charge in [0.1, 0.15) is 0 Å². The van der Waals surface area contributed by atoms with E-state index in [0.717, 1.165) is 17.8 Å². The van der Waals surface area contributed by atoms with Crippen LogP contribution in [-0.4, -0.2) is 45.1 Å². The molecule has 0 atom stereocenters. The monoisotopic (exact) mass is 316 g/mol. The van der Waals surface area contributed by atoms with Crippen LogP contribution in [0.1, 0.15) is 24.1 Å². The molecule has 2 fully saturated rings. The maximum absolute atomic E-state index is 12.6. The smallest absolute Gasteiger partial charge is 0.243 e. The molecule has 0 spiro atoms. The zero-order valence-corrected chi connectivity index (χ0v) is 13.0. The number of rotatable bonds is 5. The van der Waals surface area contributed by atoms with Crippen LogP contribution in [0.25, 0.3) is 0 Å². The molecule has 0 unspecified atom stereocenters. The maximum atomic E-state index is 12.6. The number of nitrogens with zero attached hydrogens (tertiary/aromatic N) is 1. The molecule has 5 nitrogen and oxygen atoms in total. The summed E-state index contributed by atoms with van der Waals surface area (Å²) in [6.45, 7) is 2.90. The second kappa shape index (κ2) is 6.11. The van der Waals surface area contributed by atoms with Gasteiger partial charge in [0.2, 0.25) is 10.0 Å². The molecule has 20 heavy (non-hydrogen) atoms. The lowest BCUT2D eigenvalue weighted by atomic mass is 10.4. The van der Waals surface area contributed by atoms with Gasteiger partial charge in [-0.25, -0.2) is 8.42 Å². The highest BCUT2D eigenvalue weighted by Gasteiger charge is 2.27. The first-order valence-electron chi connectivity index (χ1n) is 7.05. The lowest BCUT2D eigenvalue weighted by Gasteiger charge is -2.18. The maximum Gasteiger partial charge on any atom is 0.243 e. The summed E-state index contributed by atoms with van der Waals surface area (Å²) in [6.07, 6.45) is 3.24. The molecular formula is C13H20N2O3S2. The van der Waals surface area contributed by atoms with Crippen LogP contribution in [0.3, 0.4) is 0 Å². The van der Waals surface area contributed by atoms with Crippen molar-refractivity contribution in [1.29, 1.82) is 0 Å². The van der Waals surface area contributed by atoms with Crippen molar-refractivity contribution < 1.29 is 13.2 Å². The highest BCUT2D eigenvalue weighted by atomic mass is 32.2. The van der Waals surface area contributed by atoms with Gasteiger partial charge in [-0.05, 0) is 25.3 Å². The normalized spacial score (nSPS) is 21.8. The molecule has 1 aliphatic heterocycles. The molecule has 1 saturated carbocycles. The van der Waals surface area contributed by atoms with Crippen LogP contribution >= 0.6 is 11.3 Å². The Labute approximate surface area is 124 Å². The molecule has 0 aromatic carbocycles. The van der Waals surface area contributed by atoms with Gasteiger partial charge in [-0.1, -0.05) is 0 Å².